The normalized spacial score (nSPS) is 14.8. The first-order chi connectivity index (χ1) is 15.5. The molecule has 32 heavy (non-hydrogen) atoms. The molecule has 2 aromatic carbocycles. The molecule has 0 radical (unpaired) electrons. The minimum Gasteiger partial charge on any atom is -0.495 e. The summed E-state index contributed by atoms with van der Waals surface area (Å²) in [6.07, 6.45) is 0.986. The van der Waals surface area contributed by atoms with Crippen LogP contribution in [0.3, 0.4) is 0 Å². The highest BCUT2D eigenvalue weighted by molar-refractivity contribution is 7.89. The van der Waals surface area contributed by atoms with Crippen LogP contribution in [0, 0.1) is 0 Å². The fourth-order valence-corrected chi connectivity index (χ4v) is 5.08. The van der Waals surface area contributed by atoms with Gasteiger partial charge >= 0.3 is 0 Å². The van der Waals surface area contributed by atoms with Gasteiger partial charge in [-0.05, 0) is 54.4 Å². The predicted molar refractivity (Wildman–Crippen MR) is 123 cm³/mol. The summed E-state index contributed by atoms with van der Waals surface area (Å²) >= 11 is 0. The van der Waals surface area contributed by atoms with E-state index in [9.17, 15) is 8.42 Å². The number of hydrogen-bond acceptors (Lipinski definition) is 7. The number of aromatic nitrogens is 2. The maximum atomic E-state index is 13.2. The van der Waals surface area contributed by atoms with E-state index in [0.29, 0.717) is 49.1 Å². The zero-order chi connectivity index (χ0) is 22.6. The number of nitrogens with one attached hydrogen (secondary N) is 1. The van der Waals surface area contributed by atoms with Gasteiger partial charge in [-0.3, -0.25) is 0 Å². The van der Waals surface area contributed by atoms with Gasteiger partial charge in [0.15, 0.2) is 5.82 Å². The van der Waals surface area contributed by atoms with Crippen molar-refractivity contribution in [3.8, 4) is 17.0 Å². The van der Waals surface area contributed by atoms with Crippen LogP contribution in [0.2, 0.25) is 0 Å². The van der Waals surface area contributed by atoms with Gasteiger partial charge in [0.2, 0.25) is 10.0 Å². The Morgan fingerprint density at radius 3 is 2.41 bits per heavy atom. The zero-order valence-electron chi connectivity index (χ0n) is 18.1. The number of sulfonamides is 1. The van der Waals surface area contributed by atoms with Crippen molar-refractivity contribution in [1.82, 2.24) is 14.5 Å². The number of aryl methyl sites for hydroxylation is 1. The molecule has 0 atom stereocenters. The van der Waals surface area contributed by atoms with Gasteiger partial charge in [-0.2, -0.15) is 4.31 Å². The van der Waals surface area contributed by atoms with Gasteiger partial charge in [-0.15, -0.1) is 10.2 Å². The third-order valence-corrected chi connectivity index (χ3v) is 7.27. The Labute approximate surface area is 188 Å². The largest absolute Gasteiger partial charge is 0.495 e. The van der Waals surface area contributed by atoms with Crippen LogP contribution in [0.4, 0.5) is 11.5 Å². The molecule has 3 aromatic rings. The second-order valence-electron chi connectivity index (χ2n) is 7.36. The van der Waals surface area contributed by atoms with Crippen molar-refractivity contribution in [2.24, 2.45) is 0 Å². The molecule has 0 amide bonds. The lowest BCUT2D eigenvalue weighted by Crippen LogP contribution is -2.40. The lowest BCUT2D eigenvalue weighted by molar-refractivity contribution is 0.0729. The van der Waals surface area contributed by atoms with E-state index in [2.05, 4.69) is 34.6 Å². The standard InChI is InChI=1S/C23H26N4O4S/c1-3-17-4-7-19(8-5-17)24-23-11-9-20(25-26-23)18-6-10-21(30-2)22(16-18)32(28,29)27-12-14-31-15-13-27/h4-11,16H,3,12-15H2,1-2H3,(H,24,26). The molecule has 4 rings (SSSR count). The van der Waals surface area contributed by atoms with Crippen molar-refractivity contribution in [2.45, 2.75) is 18.2 Å². The molecule has 0 bridgehead atoms. The highest BCUT2D eigenvalue weighted by Crippen LogP contribution is 2.31. The molecule has 0 aliphatic carbocycles. The van der Waals surface area contributed by atoms with Gasteiger partial charge in [0.05, 0.1) is 26.0 Å². The van der Waals surface area contributed by atoms with Crippen molar-refractivity contribution in [3.05, 3.63) is 60.2 Å². The number of nitrogens with zero attached hydrogens (tertiary/aromatic N) is 3. The summed E-state index contributed by atoms with van der Waals surface area (Å²) < 4.78 is 38.4. The van der Waals surface area contributed by atoms with E-state index in [-0.39, 0.29) is 4.90 Å². The maximum Gasteiger partial charge on any atom is 0.246 e. The lowest BCUT2D eigenvalue weighted by Gasteiger charge is -2.26. The molecule has 0 unspecified atom stereocenters. The van der Waals surface area contributed by atoms with Gasteiger partial charge in [0.25, 0.3) is 0 Å². The maximum absolute atomic E-state index is 13.2. The first-order valence-corrected chi connectivity index (χ1v) is 11.9. The molecule has 1 N–H and O–H groups in total. The first kappa shape index (κ1) is 22.2. The molecule has 1 aromatic heterocycles. The minimum atomic E-state index is -3.72. The number of hydrogen-bond donors (Lipinski definition) is 1. The summed E-state index contributed by atoms with van der Waals surface area (Å²) in [5.74, 6) is 0.898. The third kappa shape index (κ3) is 4.74. The molecule has 8 nitrogen and oxygen atoms in total. The molecule has 0 saturated carbocycles. The fraction of sp³-hybridized carbons (Fsp3) is 0.304. The summed E-state index contributed by atoms with van der Waals surface area (Å²) in [6.45, 7) is 3.50. The highest BCUT2D eigenvalue weighted by atomic mass is 32.2. The van der Waals surface area contributed by atoms with Gasteiger partial charge in [0.1, 0.15) is 10.6 Å². The van der Waals surface area contributed by atoms with Crippen LogP contribution < -0.4 is 10.1 Å². The molecular weight excluding hydrogens is 428 g/mol. The van der Waals surface area contributed by atoms with Gasteiger partial charge in [-0.25, -0.2) is 8.42 Å². The van der Waals surface area contributed by atoms with Crippen LogP contribution in [-0.2, 0) is 21.2 Å². The summed E-state index contributed by atoms with van der Waals surface area (Å²) in [6, 6.07) is 16.8. The number of methoxy groups -OCH3 is 1. The molecule has 1 aliphatic heterocycles. The number of ether oxygens (including phenoxy) is 2. The molecule has 168 valence electrons. The zero-order valence-corrected chi connectivity index (χ0v) is 18.9. The molecule has 0 spiro atoms. The SMILES string of the molecule is CCc1ccc(Nc2ccc(-c3ccc(OC)c(S(=O)(=O)N4CCOCC4)c3)nn2)cc1. The van der Waals surface area contributed by atoms with Crippen molar-refractivity contribution >= 4 is 21.5 Å². The van der Waals surface area contributed by atoms with Crippen LogP contribution in [0.1, 0.15) is 12.5 Å². The molecule has 1 aliphatic rings. The fourth-order valence-electron chi connectivity index (χ4n) is 3.49. The second kappa shape index (κ2) is 9.64. The molecular formula is C23H26N4O4S. The van der Waals surface area contributed by atoms with Gasteiger partial charge in [-0.1, -0.05) is 19.1 Å². The van der Waals surface area contributed by atoms with E-state index in [4.69, 9.17) is 9.47 Å². The van der Waals surface area contributed by atoms with Gasteiger partial charge < -0.3 is 14.8 Å². The average molecular weight is 455 g/mol. The predicted octanol–water partition coefficient (Wildman–Crippen LogP) is 3.48. The lowest BCUT2D eigenvalue weighted by atomic mass is 10.1. The van der Waals surface area contributed by atoms with Crippen molar-refractivity contribution in [3.63, 3.8) is 0 Å². The monoisotopic (exact) mass is 454 g/mol. The summed E-state index contributed by atoms with van der Waals surface area (Å²) in [5.41, 5.74) is 3.40. The summed E-state index contributed by atoms with van der Waals surface area (Å²) in [5, 5.41) is 11.8. The Hall–Kier alpha value is -3.01. The molecule has 9 heteroatoms. The number of anilines is 2. The summed E-state index contributed by atoms with van der Waals surface area (Å²) in [7, 11) is -2.26. The van der Waals surface area contributed by atoms with E-state index < -0.39 is 10.0 Å². The topological polar surface area (TPSA) is 93.7 Å². The van der Waals surface area contributed by atoms with Crippen molar-refractivity contribution in [1.29, 1.82) is 0 Å². The van der Waals surface area contributed by atoms with Crippen LogP contribution in [0.15, 0.2) is 59.5 Å². The molecule has 1 saturated heterocycles. The number of benzene rings is 2. The number of rotatable bonds is 7. The second-order valence-corrected chi connectivity index (χ2v) is 9.27. The van der Waals surface area contributed by atoms with Crippen LogP contribution in [0.5, 0.6) is 5.75 Å². The smallest absolute Gasteiger partial charge is 0.246 e. The first-order valence-electron chi connectivity index (χ1n) is 10.5. The highest BCUT2D eigenvalue weighted by Gasteiger charge is 2.29. The van der Waals surface area contributed by atoms with E-state index in [1.807, 2.05) is 24.3 Å². The Morgan fingerprint density at radius 2 is 1.78 bits per heavy atom. The number of morpholine rings is 1. The van der Waals surface area contributed by atoms with E-state index in [1.54, 1.807) is 18.2 Å². The Kier molecular flexibility index (Phi) is 6.69. The average Bonchev–Trinajstić information content (AvgIpc) is 2.85. The quantitative estimate of drug-likeness (QED) is 0.584. The third-order valence-electron chi connectivity index (χ3n) is 5.35. The van der Waals surface area contributed by atoms with E-state index >= 15 is 0 Å². The van der Waals surface area contributed by atoms with Crippen LogP contribution in [-0.4, -0.2) is 56.3 Å². The minimum absolute atomic E-state index is 0.111. The Morgan fingerprint density at radius 1 is 1.03 bits per heavy atom. The molecule has 2 heterocycles. The Bertz CT molecular complexity index is 1160. The van der Waals surface area contributed by atoms with E-state index in [0.717, 1.165) is 12.1 Å². The molecule has 1 fully saturated rings. The van der Waals surface area contributed by atoms with Crippen LogP contribution in [0.25, 0.3) is 11.3 Å². The van der Waals surface area contributed by atoms with E-state index in [1.165, 1.54) is 17.0 Å². The summed E-state index contributed by atoms with van der Waals surface area (Å²) in [4.78, 5) is 0.111. The van der Waals surface area contributed by atoms with Gasteiger partial charge in [0, 0.05) is 24.3 Å². The van der Waals surface area contributed by atoms with Crippen LogP contribution >= 0.6 is 0 Å². The Balaban J connectivity index is 1.58. The van der Waals surface area contributed by atoms with Crippen molar-refractivity contribution in [2.75, 3.05) is 38.7 Å². The van der Waals surface area contributed by atoms with Crippen molar-refractivity contribution < 1.29 is 17.9 Å².